The number of nitrogens with one attached hydrogen (secondary N) is 3. The van der Waals surface area contributed by atoms with Crippen molar-refractivity contribution in [1.29, 1.82) is 0 Å². The first kappa shape index (κ1) is 35.5. The highest BCUT2D eigenvalue weighted by atomic mass is 16.3. The van der Waals surface area contributed by atoms with Crippen LogP contribution in [0.2, 0.25) is 0 Å². The molecule has 2 fully saturated rings. The van der Waals surface area contributed by atoms with Crippen molar-refractivity contribution in [3.63, 3.8) is 0 Å². The lowest BCUT2D eigenvalue weighted by molar-refractivity contribution is -0.148. The fourth-order valence-electron chi connectivity index (χ4n) is 7.20. The van der Waals surface area contributed by atoms with Crippen molar-refractivity contribution < 1.29 is 29.1 Å². The molecule has 3 aromatic rings. The SMILES string of the molecule is CC(C)(C)NC(=O)[C@@H]1[C@@H]2CCCC[C@@H]2CN1C(=O)[C@@H](O)[C@H](Cc1ccccc1)NC(=O)[C@H](CC(N)=O)NC(=O)c1ccc2ccccc2c1. The smallest absolute Gasteiger partial charge is 0.254 e. The van der Waals surface area contributed by atoms with Gasteiger partial charge in [0.1, 0.15) is 12.1 Å². The molecule has 0 unspecified atom stereocenters. The van der Waals surface area contributed by atoms with E-state index in [2.05, 4.69) is 16.0 Å². The Balaban J connectivity index is 1.39. The first-order valence-electron chi connectivity index (χ1n) is 17.0. The van der Waals surface area contributed by atoms with Gasteiger partial charge in [-0.05, 0) is 80.3 Å². The Labute approximate surface area is 287 Å². The summed E-state index contributed by atoms with van der Waals surface area (Å²) in [6, 6.07) is 18.4. The number of hydrogen-bond donors (Lipinski definition) is 5. The van der Waals surface area contributed by atoms with Crippen molar-refractivity contribution in [3.05, 3.63) is 83.9 Å². The molecule has 1 saturated heterocycles. The largest absolute Gasteiger partial charge is 0.381 e. The highest BCUT2D eigenvalue weighted by Crippen LogP contribution is 2.41. The third-order valence-electron chi connectivity index (χ3n) is 9.49. The van der Waals surface area contributed by atoms with Gasteiger partial charge in [-0.15, -0.1) is 0 Å². The molecule has 5 rings (SSSR count). The molecule has 0 spiro atoms. The van der Waals surface area contributed by atoms with Gasteiger partial charge >= 0.3 is 0 Å². The number of carbonyl (C=O) groups excluding carboxylic acids is 5. The van der Waals surface area contributed by atoms with Crippen LogP contribution >= 0.6 is 0 Å². The number of aliphatic hydroxyl groups is 1. The van der Waals surface area contributed by atoms with E-state index >= 15 is 0 Å². The molecular weight excluding hydrogens is 622 g/mol. The molecule has 260 valence electrons. The number of nitrogens with zero attached hydrogens (tertiary/aromatic N) is 1. The zero-order chi connectivity index (χ0) is 35.3. The van der Waals surface area contributed by atoms with Gasteiger partial charge in [0, 0.05) is 17.6 Å². The molecule has 0 bridgehead atoms. The van der Waals surface area contributed by atoms with Gasteiger partial charge in [0.2, 0.25) is 17.7 Å². The molecule has 11 nitrogen and oxygen atoms in total. The average molecular weight is 670 g/mol. The Morgan fingerprint density at radius 1 is 0.898 bits per heavy atom. The molecule has 6 N–H and O–H groups in total. The van der Waals surface area contributed by atoms with E-state index in [1.807, 2.05) is 63.2 Å². The summed E-state index contributed by atoms with van der Waals surface area (Å²) in [4.78, 5) is 68.5. The number of benzene rings is 3. The molecule has 0 radical (unpaired) electrons. The lowest BCUT2D eigenvalue weighted by atomic mass is 9.78. The van der Waals surface area contributed by atoms with E-state index in [0.29, 0.717) is 6.54 Å². The van der Waals surface area contributed by atoms with Crippen molar-refractivity contribution in [3.8, 4) is 0 Å². The predicted molar refractivity (Wildman–Crippen MR) is 186 cm³/mol. The summed E-state index contributed by atoms with van der Waals surface area (Å²) in [5, 5.41) is 21.9. The van der Waals surface area contributed by atoms with Crippen LogP contribution in [0.5, 0.6) is 0 Å². The topological polar surface area (TPSA) is 171 Å². The van der Waals surface area contributed by atoms with E-state index in [1.165, 1.54) is 4.90 Å². The Hall–Kier alpha value is -4.77. The van der Waals surface area contributed by atoms with Crippen molar-refractivity contribution in [1.82, 2.24) is 20.9 Å². The van der Waals surface area contributed by atoms with Crippen LogP contribution in [0.1, 0.15) is 68.8 Å². The lowest BCUT2D eigenvalue weighted by Crippen LogP contribution is -2.59. The molecule has 1 aliphatic heterocycles. The first-order chi connectivity index (χ1) is 23.3. The van der Waals surface area contributed by atoms with Crippen molar-refractivity contribution in [2.24, 2.45) is 17.6 Å². The minimum atomic E-state index is -1.72. The van der Waals surface area contributed by atoms with E-state index in [-0.39, 0.29) is 29.7 Å². The Bertz CT molecular complexity index is 1690. The molecule has 0 aromatic heterocycles. The van der Waals surface area contributed by atoms with Crippen LogP contribution in [0.3, 0.4) is 0 Å². The molecule has 5 amide bonds. The summed E-state index contributed by atoms with van der Waals surface area (Å²) in [6.07, 6.45) is 1.52. The number of rotatable bonds is 11. The maximum atomic E-state index is 14.2. The number of carbonyl (C=O) groups is 5. The van der Waals surface area contributed by atoms with Crippen molar-refractivity contribution in [2.45, 2.75) is 89.1 Å². The van der Waals surface area contributed by atoms with Gasteiger partial charge in [-0.1, -0.05) is 73.5 Å². The van der Waals surface area contributed by atoms with Crippen LogP contribution in [-0.2, 0) is 25.6 Å². The fraction of sp³-hybridized carbons (Fsp3) is 0.447. The summed E-state index contributed by atoms with van der Waals surface area (Å²) in [5.74, 6) is -3.00. The number of hydrogen-bond acceptors (Lipinski definition) is 6. The highest BCUT2D eigenvalue weighted by Gasteiger charge is 2.50. The number of likely N-dealkylation sites (tertiary alicyclic amines) is 1. The average Bonchev–Trinajstić information content (AvgIpc) is 3.46. The Morgan fingerprint density at radius 3 is 2.27 bits per heavy atom. The highest BCUT2D eigenvalue weighted by molar-refractivity contribution is 6.01. The quantitative estimate of drug-likeness (QED) is 0.210. The standard InChI is InChI=1S/C38H47N5O6/c1-38(2,3)42-36(48)32-28-16-10-9-15-27(28)22-43(32)37(49)33(45)29(19-23-11-5-4-6-12-23)40-35(47)30(21-31(39)44)41-34(46)26-18-17-24-13-7-8-14-25(24)20-26/h4-8,11-14,17-18,20,27-30,32-33,45H,9-10,15-16,19,21-22H2,1-3H3,(H2,39,44)(H,40,47)(H,41,46)(H,42,48)/t27-,28-,29+,30+,32+,33+/m1/s1. The predicted octanol–water partition coefficient (Wildman–Crippen LogP) is 2.83. The summed E-state index contributed by atoms with van der Waals surface area (Å²) < 4.78 is 0. The molecule has 2 aliphatic rings. The number of amides is 5. The van der Waals surface area contributed by atoms with Crippen LogP contribution in [0.15, 0.2) is 72.8 Å². The van der Waals surface area contributed by atoms with Gasteiger partial charge in [-0.25, -0.2) is 0 Å². The van der Waals surface area contributed by atoms with Gasteiger partial charge in [-0.3, -0.25) is 24.0 Å². The monoisotopic (exact) mass is 669 g/mol. The molecule has 1 heterocycles. The van der Waals surface area contributed by atoms with Crippen LogP contribution in [0.25, 0.3) is 10.8 Å². The number of primary amides is 1. The van der Waals surface area contributed by atoms with E-state index in [0.717, 1.165) is 42.0 Å². The molecule has 3 aromatic carbocycles. The number of nitrogens with two attached hydrogens (primary N) is 1. The molecule has 49 heavy (non-hydrogen) atoms. The maximum Gasteiger partial charge on any atom is 0.254 e. The van der Waals surface area contributed by atoms with E-state index < -0.39 is 59.8 Å². The van der Waals surface area contributed by atoms with Gasteiger partial charge in [0.15, 0.2) is 6.10 Å². The zero-order valence-corrected chi connectivity index (χ0v) is 28.4. The number of fused-ring (bicyclic) bond motifs is 2. The molecule has 1 aliphatic carbocycles. The summed E-state index contributed by atoms with van der Waals surface area (Å²) in [7, 11) is 0. The van der Waals surface area contributed by atoms with Gasteiger partial charge in [0.25, 0.3) is 11.8 Å². The Morgan fingerprint density at radius 2 is 1.57 bits per heavy atom. The van der Waals surface area contributed by atoms with Crippen LogP contribution < -0.4 is 21.7 Å². The van der Waals surface area contributed by atoms with Gasteiger partial charge in [0.05, 0.1) is 12.5 Å². The maximum absolute atomic E-state index is 14.2. The second kappa shape index (κ2) is 15.2. The van der Waals surface area contributed by atoms with Crippen molar-refractivity contribution in [2.75, 3.05) is 6.54 Å². The zero-order valence-electron chi connectivity index (χ0n) is 28.4. The van der Waals surface area contributed by atoms with E-state index in [4.69, 9.17) is 5.73 Å². The minimum absolute atomic E-state index is 0.0281. The van der Waals surface area contributed by atoms with Crippen LogP contribution in [-0.4, -0.2) is 75.9 Å². The first-order valence-corrected chi connectivity index (χ1v) is 17.0. The second-order valence-corrected chi connectivity index (χ2v) is 14.4. The lowest BCUT2D eigenvalue weighted by Gasteiger charge is -2.34. The molecule has 11 heteroatoms. The Kier molecular flexibility index (Phi) is 11.0. The normalized spacial score (nSPS) is 20.8. The van der Waals surface area contributed by atoms with Crippen LogP contribution in [0, 0.1) is 11.8 Å². The van der Waals surface area contributed by atoms with E-state index in [1.54, 1.807) is 30.3 Å². The van der Waals surface area contributed by atoms with Crippen molar-refractivity contribution >= 4 is 40.3 Å². The van der Waals surface area contributed by atoms with Gasteiger partial charge < -0.3 is 31.7 Å². The third kappa shape index (κ3) is 8.83. The van der Waals surface area contributed by atoms with Gasteiger partial charge in [-0.2, -0.15) is 0 Å². The van der Waals surface area contributed by atoms with E-state index in [9.17, 15) is 29.1 Å². The molecule has 1 saturated carbocycles. The summed E-state index contributed by atoms with van der Waals surface area (Å²) >= 11 is 0. The fourth-order valence-corrected chi connectivity index (χ4v) is 7.20. The molecular formula is C38H47N5O6. The minimum Gasteiger partial charge on any atom is -0.381 e. The summed E-state index contributed by atoms with van der Waals surface area (Å²) in [5.41, 5.74) is 5.99. The second-order valence-electron chi connectivity index (χ2n) is 14.4. The third-order valence-corrected chi connectivity index (χ3v) is 9.49. The summed E-state index contributed by atoms with van der Waals surface area (Å²) in [6.45, 7) is 5.98. The van der Waals surface area contributed by atoms with Crippen LogP contribution in [0.4, 0.5) is 0 Å². The number of aliphatic hydroxyl groups excluding tert-OH is 1. The molecule has 6 atom stereocenters.